The van der Waals surface area contributed by atoms with E-state index < -0.39 is 5.41 Å². The lowest BCUT2D eigenvalue weighted by atomic mass is 9.90. The number of aryl methyl sites for hydroxylation is 1. The molecule has 1 rings (SSSR count). The zero-order valence-electron chi connectivity index (χ0n) is 13.7. The topological polar surface area (TPSA) is 49.4 Å². The number of hydrogen-bond donors (Lipinski definition) is 1. The predicted molar refractivity (Wildman–Crippen MR) is 86.3 cm³/mol. The van der Waals surface area contributed by atoms with Gasteiger partial charge >= 0.3 is 0 Å². The smallest absolute Gasteiger partial charge is 0.242 e. The molecular formula is C17H26N2O2. The van der Waals surface area contributed by atoms with Crippen LogP contribution in [0, 0.1) is 12.3 Å². The molecule has 0 aliphatic rings. The molecule has 0 aromatic heterocycles. The fourth-order valence-corrected chi connectivity index (χ4v) is 2.13. The number of hydrogen-bond acceptors (Lipinski definition) is 2. The molecule has 1 N–H and O–H groups in total. The number of carbonyl (C=O) groups is 2. The fraction of sp³-hybridized carbons (Fsp3) is 0.529. The fourth-order valence-electron chi connectivity index (χ4n) is 2.13. The van der Waals surface area contributed by atoms with Gasteiger partial charge in [-0.2, -0.15) is 0 Å². The number of nitrogens with one attached hydrogen (secondary N) is 1. The number of benzene rings is 1. The SMILES string of the molecule is CCCNC(=O)C(C)(C)C(=O)N(CC)c1cccc(C)c1. The summed E-state index contributed by atoms with van der Waals surface area (Å²) < 4.78 is 0. The van der Waals surface area contributed by atoms with Crippen molar-refractivity contribution in [2.24, 2.45) is 5.41 Å². The first kappa shape index (κ1) is 17.2. The van der Waals surface area contributed by atoms with Gasteiger partial charge in [0.05, 0.1) is 0 Å². The zero-order valence-corrected chi connectivity index (χ0v) is 13.7. The summed E-state index contributed by atoms with van der Waals surface area (Å²) in [5, 5.41) is 2.81. The van der Waals surface area contributed by atoms with Crippen LogP contribution in [0.5, 0.6) is 0 Å². The first-order valence-corrected chi connectivity index (χ1v) is 7.51. The molecule has 116 valence electrons. The molecule has 0 bridgehead atoms. The second-order valence-corrected chi connectivity index (χ2v) is 5.77. The molecule has 0 aliphatic carbocycles. The normalized spacial score (nSPS) is 11.1. The van der Waals surface area contributed by atoms with Crippen molar-refractivity contribution >= 4 is 17.5 Å². The average Bonchev–Trinajstić information content (AvgIpc) is 2.45. The Morgan fingerprint density at radius 1 is 1.24 bits per heavy atom. The second-order valence-electron chi connectivity index (χ2n) is 5.77. The van der Waals surface area contributed by atoms with Crippen molar-refractivity contribution in [1.29, 1.82) is 0 Å². The van der Waals surface area contributed by atoms with E-state index in [2.05, 4.69) is 5.32 Å². The van der Waals surface area contributed by atoms with E-state index in [0.717, 1.165) is 17.7 Å². The van der Waals surface area contributed by atoms with Crippen molar-refractivity contribution in [2.75, 3.05) is 18.0 Å². The molecule has 0 unspecified atom stereocenters. The van der Waals surface area contributed by atoms with Crippen molar-refractivity contribution in [3.8, 4) is 0 Å². The lowest BCUT2D eigenvalue weighted by molar-refractivity contribution is -0.139. The highest BCUT2D eigenvalue weighted by Gasteiger charge is 2.39. The summed E-state index contributed by atoms with van der Waals surface area (Å²) in [5.41, 5.74) is 0.848. The van der Waals surface area contributed by atoms with Gasteiger partial charge in [-0.25, -0.2) is 0 Å². The van der Waals surface area contributed by atoms with Gasteiger partial charge in [0, 0.05) is 18.8 Å². The quantitative estimate of drug-likeness (QED) is 0.819. The standard InChI is InChI=1S/C17H26N2O2/c1-6-11-18-15(20)17(4,5)16(21)19(7-2)14-10-8-9-13(3)12-14/h8-10,12H,6-7,11H2,1-5H3,(H,18,20). The van der Waals surface area contributed by atoms with Gasteiger partial charge in [-0.15, -0.1) is 0 Å². The monoisotopic (exact) mass is 290 g/mol. The van der Waals surface area contributed by atoms with E-state index >= 15 is 0 Å². The van der Waals surface area contributed by atoms with E-state index in [1.54, 1.807) is 18.7 Å². The van der Waals surface area contributed by atoms with Gasteiger partial charge in [0.15, 0.2) is 0 Å². The first-order chi connectivity index (χ1) is 9.84. The largest absolute Gasteiger partial charge is 0.355 e. The van der Waals surface area contributed by atoms with Crippen molar-refractivity contribution in [3.05, 3.63) is 29.8 Å². The molecule has 1 aromatic rings. The highest BCUT2D eigenvalue weighted by atomic mass is 16.2. The van der Waals surface area contributed by atoms with E-state index in [1.165, 1.54) is 0 Å². The second kappa shape index (κ2) is 7.25. The van der Waals surface area contributed by atoms with Crippen LogP contribution >= 0.6 is 0 Å². The van der Waals surface area contributed by atoms with Gasteiger partial charge in [-0.1, -0.05) is 19.1 Å². The number of carbonyl (C=O) groups excluding carboxylic acids is 2. The van der Waals surface area contributed by atoms with Crippen molar-refractivity contribution < 1.29 is 9.59 Å². The minimum absolute atomic E-state index is 0.177. The van der Waals surface area contributed by atoms with Crippen LogP contribution in [0.25, 0.3) is 0 Å². The summed E-state index contributed by atoms with van der Waals surface area (Å²) in [6, 6.07) is 7.77. The minimum atomic E-state index is -1.07. The zero-order chi connectivity index (χ0) is 16.0. The summed E-state index contributed by atoms with van der Waals surface area (Å²) >= 11 is 0. The van der Waals surface area contributed by atoms with Crippen LogP contribution in [0.1, 0.15) is 39.7 Å². The van der Waals surface area contributed by atoms with Crippen LogP contribution in [-0.2, 0) is 9.59 Å². The summed E-state index contributed by atoms with van der Waals surface area (Å²) in [4.78, 5) is 26.7. The molecule has 0 saturated carbocycles. The molecular weight excluding hydrogens is 264 g/mol. The Kier molecular flexibility index (Phi) is 5.94. The molecule has 0 spiro atoms. The summed E-state index contributed by atoms with van der Waals surface area (Å²) in [6.45, 7) is 10.4. The Morgan fingerprint density at radius 3 is 2.43 bits per heavy atom. The van der Waals surface area contributed by atoms with Gasteiger partial charge in [0.2, 0.25) is 11.8 Å². The molecule has 4 nitrogen and oxygen atoms in total. The van der Waals surface area contributed by atoms with Gasteiger partial charge in [0.1, 0.15) is 5.41 Å². The summed E-state index contributed by atoms with van der Waals surface area (Å²) in [6.07, 6.45) is 0.853. The van der Waals surface area contributed by atoms with E-state index in [0.29, 0.717) is 13.1 Å². The molecule has 0 fully saturated rings. The average molecular weight is 290 g/mol. The molecule has 0 aliphatic heterocycles. The Hall–Kier alpha value is -1.84. The van der Waals surface area contributed by atoms with Crippen molar-refractivity contribution in [1.82, 2.24) is 5.32 Å². The third kappa shape index (κ3) is 4.06. The summed E-state index contributed by atoms with van der Waals surface area (Å²) in [7, 11) is 0. The predicted octanol–water partition coefficient (Wildman–Crippen LogP) is 2.90. The van der Waals surface area contributed by atoms with Crippen LogP contribution in [0.15, 0.2) is 24.3 Å². The van der Waals surface area contributed by atoms with Crippen LogP contribution in [0.3, 0.4) is 0 Å². The number of anilines is 1. The lowest BCUT2D eigenvalue weighted by Crippen LogP contribution is -2.49. The van der Waals surface area contributed by atoms with Crippen LogP contribution in [0.2, 0.25) is 0 Å². The highest BCUT2D eigenvalue weighted by Crippen LogP contribution is 2.24. The third-order valence-electron chi connectivity index (χ3n) is 3.51. The maximum absolute atomic E-state index is 12.8. The number of nitrogens with zero attached hydrogens (tertiary/aromatic N) is 1. The van der Waals surface area contributed by atoms with Crippen molar-refractivity contribution in [2.45, 2.75) is 41.0 Å². The van der Waals surface area contributed by atoms with Crippen LogP contribution in [0.4, 0.5) is 5.69 Å². The van der Waals surface area contributed by atoms with Gasteiger partial charge in [0.25, 0.3) is 0 Å². The van der Waals surface area contributed by atoms with Crippen LogP contribution < -0.4 is 10.2 Å². The Balaban J connectivity index is 2.99. The molecule has 0 heterocycles. The molecule has 2 amide bonds. The molecule has 0 saturated heterocycles. The highest BCUT2D eigenvalue weighted by molar-refractivity contribution is 6.11. The number of amides is 2. The minimum Gasteiger partial charge on any atom is -0.355 e. The van der Waals surface area contributed by atoms with Crippen LogP contribution in [-0.4, -0.2) is 24.9 Å². The van der Waals surface area contributed by atoms with E-state index in [9.17, 15) is 9.59 Å². The maximum Gasteiger partial charge on any atom is 0.242 e. The molecule has 0 atom stereocenters. The van der Waals surface area contributed by atoms with Gasteiger partial charge in [-0.05, 0) is 51.8 Å². The van der Waals surface area contributed by atoms with E-state index in [4.69, 9.17) is 0 Å². The van der Waals surface area contributed by atoms with Gasteiger partial charge < -0.3 is 10.2 Å². The Labute approximate surface area is 127 Å². The lowest BCUT2D eigenvalue weighted by Gasteiger charge is -2.30. The number of rotatable bonds is 6. The summed E-state index contributed by atoms with van der Waals surface area (Å²) in [5.74, 6) is -0.398. The Bertz CT molecular complexity index is 509. The first-order valence-electron chi connectivity index (χ1n) is 7.51. The third-order valence-corrected chi connectivity index (χ3v) is 3.51. The maximum atomic E-state index is 12.8. The van der Waals surface area contributed by atoms with Gasteiger partial charge in [-0.3, -0.25) is 9.59 Å². The van der Waals surface area contributed by atoms with Crippen molar-refractivity contribution in [3.63, 3.8) is 0 Å². The Morgan fingerprint density at radius 2 is 1.90 bits per heavy atom. The molecule has 1 aromatic carbocycles. The molecule has 21 heavy (non-hydrogen) atoms. The molecule has 4 heteroatoms. The van der Waals surface area contributed by atoms with E-state index in [1.807, 2.05) is 45.0 Å². The van der Waals surface area contributed by atoms with E-state index in [-0.39, 0.29) is 11.8 Å². The molecule has 0 radical (unpaired) electrons.